The molecule has 2 unspecified atom stereocenters. The van der Waals surface area contributed by atoms with Gasteiger partial charge in [0.2, 0.25) is 23.6 Å². The first-order valence-corrected chi connectivity index (χ1v) is 7.65. The Kier molecular flexibility index (Phi) is 8.19. The summed E-state index contributed by atoms with van der Waals surface area (Å²) in [4.78, 5) is 44.4. The van der Waals surface area contributed by atoms with Crippen molar-refractivity contribution in [2.45, 2.75) is 25.0 Å². The quantitative estimate of drug-likeness (QED) is 0.315. The average molecular weight is 366 g/mol. The molecule has 0 radical (unpaired) electrons. The van der Waals surface area contributed by atoms with Crippen molar-refractivity contribution in [2.75, 3.05) is 13.2 Å². The number of rotatable bonds is 12. The molecule has 0 fully saturated rings. The van der Waals surface area contributed by atoms with E-state index in [1.165, 1.54) is 0 Å². The Hall–Kier alpha value is -2.98. The molecule has 10 heteroatoms. The van der Waals surface area contributed by atoms with Gasteiger partial charge in [0.15, 0.2) is 0 Å². The van der Waals surface area contributed by atoms with Crippen molar-refractivity contribution in [3.05, 3.63) is 35.4 Å². The van der Waals surface area contributed by atoms with Gasteiger partial charge in [-0.15, -0.1) is 0 Å². The van der Waals surface area contributed by atoms with Gasteiger partial charge in [0.05, 0.1) is 0 Å². The van der Waals surface area contributed by atoms with Crippen LogP contribution in [0, 0.1) is 0 Å². The highest BCUT2D eigenvalue weighted by atomic mass is 16.5. The Morgan fingerprint density at radius 1 is 0.769 bits per heavy atom. The van der Waals surface area contributed by atoms with E-state index in [1.54, 1.807) is 24.3 Å². The largest absolute Gasteiger partial charge is 0.368 e. The lowest BCUT2D eigenvalue weighted by molar-refractivity contribution is -0.135. The fourth-order valence-electron chi connectivity index (χ4n) is 2.16. The van der Waals surface area contributed by atoms with Crippen LogP contribution in [-0.4, -0.2) is 49.1 Å². The number of amides is 4. The number of nitrogens with two attached hydrogens (primary N) is 4. The number of benzene rings is 1. The second-order valence-electron chi connectivity index (χ2n) is 5.56. The van der Waals surface area contributed by atoms with Crippen LogP contribution in [0.2, 0.25) is 0 Å². The minimum atomic E-state index is -1.03. The number of carbonyl (C=O) groups excluding carboxylic acids is 4. The van der Waals surface area contributed by atoms with E-state index in [9.17, 15) is 19.2 Å². The van der Waals surface area contributed by atoms with Crippen molar-refractivity contribution in [3.63, 3.8) is 0 Å². The molecule has 0 saturated carbocycles. The van der Waals surface area contributed by atoms with Crippen molar-refractivity contribution >= 4 is 23.6 Å². The lowest BCUT2D eigenvalue weighted by atomic mass is 10.0. The molecule has 1 rings (SSSR count). The molecule has 0 heterocycles. The van der Waals surface area contributed by atoms with Gasteiger partial charge in [0.1, 0.15) is 25.4 Å². The van der Waals surface area contributed by atoms with Crippen LogP contribution in [0.4, 0.5) is 0 Å². The lowest BCUT2D eigenvalue weighted by Gasteiger charge is -2.16. The van der Waals surface area contributed by atoms with E-state index in [4.69, 9.17) is 32.4 Å². The molecule has 8 N–H and O–H groups in total. The van der Waals surface area contributed by atoms with Gasteiger partial charge in [0.25, 0.3) is 0 Å². The van der Waals surface area contributed by atoms with E-state index in [2.05, 4.69) is 0 Å². The predicted octanol–water partition coefficient (Wildman–Crippen LogP) is -2.52. The van der Waals surface area contributed by atoms with E-state index in [-0.39, 0.29) is 12.8 Å². The summed E-state index contributed by atoms with van der Waals surface area (Å²) < 4.78 is 10.2. The fourth-order valence-corrected chi connectivity index (χ4v) is 2.16. The first-order chi connectivity index (χ1) is 12.2. The highest BCUT2D eigenvalue weighted by Crippen LogP contribution is 2.13. The van der Waals surface area contributed by atoms with E-state index in [0.717, 1.165) is 0 Å². The molecule has 142 valence electrons. The van der Waals surface area contributed by atoms with Crippen LogP contribution in [0.5, 0.6) is 0 Å². The molecule has 1 aromatic carbocycles. The highest BCUT2D eigenvalue weighted by Gasteiger charge is 2.20. The lowest BCUT2D eigenvalue weighted by Crippen LogP contribution is -2.36. The summed E-state index contributed by atoms with van der Waals surface area (Å²) in [6.45, 7) is -0.865. The maximum Gasteiger partial charge on any atom is 0.246 e. The summed E-state index contributed by atoms with van der Waals surface area (Å²) >= 11 is 0. The van der Waals surface area contributed by atoms with Gasteiger partial charge in [-0.2, -0.15) is 0 Å². The maximum absolute atomic E-state index is 11.4. The molecule has 0 aliphatic carbocycles. The van der Waals surface area contributed by atoms with Crippen LogP contribution >= 0.6 is 0 Å². The Morgan fingerprint density at radius 2 is 1.15 bits per heavy atom. The second-order valence-corrected chi connectivity index (χ2v) is 5.56. The molecular weight excluding hydrogens is 344 g/mol. The smallest absolute Gasteiger partial charge is 0.246 e. The number of hydrogen-bond acceptors (Lipinski definition) is 6. The zero-order valence-corrected chi connectivity index (χ0v) is 14.1. The van der Waals surface area contributed by atoms with Crippen LogP contribution in [0.15, 0.2) is 24.3 Å². The van der Waals surface area contributed by atoms with Crippen molar-refractivity contribution < 1.29 is 28.7 Å². The first-order valence-electron chi connectivity index (χ1n) is 7.65. The van der Waals surface area contributed by atoms with E-state index < -0.39 is 49.1 Å². The third-order valence-corrected chi connectivity index (χ3v) is 3.32. The van der Waals surface area contributed by atoms with Gasteiger partial charge in [-0.25, -0.2) is 0 Å². The summed E-state index contributed by atoms with van der Waals surface area (Å²) in [5.41, 5.74) is 21.8. The first kappa shape index (κ1) is 21.1. The van der Waals surface area contributed by atoms with Crippen molar-refractivity contribution in [1.29, 1.82) is 0 Å². The predicted molar refractivity (Wildman–Crippen MR) is 90.1 cm³/mol. The molecule has 0 bridgehead atoms. The summed E-state index contributed by atoms with van der Waals surface area (Å²) in [6, 6.07) is 6.84. The molecule has 1 aromatic rings. The summed E-state index contributed by atoms with van der Waals surface area (Å²) in [5.74, 6) is -2.92. The van der Waals surface area contributed by atoms with E-state index >= 15 is 0 Å². The topological polar surface area (TPSA) is 191 Å². The monoisotopic (exact) mass is 366 g/mol. The molecule has 0 aromatic heterocycles. The van der Waals surface area contributed by atoms with E-state index in [0.29, 0.717) is 11.1 Å². The molecule has 2 atom stereocenters. The third-order valence-electron chi connectivity index (χ3n) is 3.32. The minimum absolute atomic E-state index is 0.111. The zero-order chi connectivity index (χ0) is 19.7. The molecule has 10 nitrogen and oxygen atoms in total. The van der Waals surface area contributed by atoms with E-state index in [1.807, 2.05) is 0 Å². The fraction of sp³-hybridized carbons (Fsp3) is 0.375. The summed E-state index contributed by atoms with van der Waals surface area (Å²) in [7, 11) is 0. The van der Waals surface area contributed by atoms with Crippen LogP contribution < -0.4 is 22.9 Å². The van der Waals surface area contributed by atoms with Crippen molar-refractivity contribution in [3.8, 4) is 0 Å². The number of ether oxygens (including phenoxy) is 2. The van der Waals surface area contributed by atoms with Crippen LogP contribution in [0.25, 0.3) is 0 Å². The third kappa shape index (κ3) is 7.73. The number of carbonyl (C=O) groups is 4. The Bertz CT molecular complexity index is 625. The Balaban J connectivity index is 2.81. The summed E-state index contributed by atoms with van der Waals surface area (Å²) in [5, 5.41) is 0. The minimum Gasteiger partial charge on any atom is -0.368 e. The SMILES string of the molecule is NC(=O)COC(Cc1cccc(CC(OCC(N)=O)C(N)=O)c1)C(N)=O. The van der Waals surface area contributed by atoms with Gasteiger partial charge in [-0.3, -0.25) is 19.2 Å². The molecule has 0 aliphatic heterocycles. The molecule has 0 saturated heterocycles. The van der Waals surface area contributed by atoms with Crippen molar-refractivity contribution in [1.82, 2.24) is 0 Å². The maximum atomic E-state index is 11.4. The van der Waals surface area contributed by atoms with Gasteiger partial charge in [-0.05, 0) is 11.1 Å². The van der Waals surface area contributed by atoms with Gasteiger partial charge < -0.3 is 32.4 Å². The molecule has 0 spiro atoms. The molecular formula is C16H22N4O6. The van der Waals surface area contributed by atoms with Crippen molar-refractivity contribution in [2.24, 2.45) is 22.9 Å². The zero-order valence-electron chi connectivity index (χ0n) is 14.1. The normalized spacial score (nSPS) is 12.9. The molecule has 26 heavy (non-hydrogen) atoms. The highest BCUT2D eigenvalue weighted by molar-refractivity contribution is 5.81. The number of primary amides is 4. The van der Waals surface area contributed by atoms with Crippen LogP contribution in [-0.2, 0) is 41.5 Å². The Morgan fingerprint density at radius 3 is 1.46 bits per heavy atom. The Labute approximate surface area is 149 Å². The van der Waals surface area contributed by atoms with Crippen LogP contribution in [0.1, 0.15) is 11.1 Å². The van der Waals surface area contributed by atoms with Gasteiger partial charge in [-0.1, -0.05) is 24.3 Å². The van der Waals surface area contributed by atoms with Gasteiger partial charge in [0, 0.05) is 12.8 Å². The molecule has 4 amide bonds. The molecule has 0 aliphatic rings. The average Bonchev–Trinajstić information content (AvgIpc) is 2.54. The van der Waals surface area contributed by atoms with Crippen LogP contribution in [0.3, 0.4) is 0 Å². The number of hydrogen-bond donors (Lipinski definition) is 4. The summed E-state index contributed by atoms with van der Waals surface area (Å²) in [6.07, 6.45) is -1.84. The second kappa shape index (κ2) is 10.1. The standard InChI is InChI=1S/C16H22N4O6/c17-13(21)7-25-11(15(19)23)5-9-2-1-3-10(4-9)6-12(16(20)24)26-8-14(18)22/h1-4,11-12H,5-8H2,(H2,17,21)(H2,18,22)(H2,19,23)(H2,20,24). The van der Waals surface area contributed by atoms with Gasteiger partial charge >= 0.3 is 0 Å².